The molecule has 0 saturated heterocycles. The highest BCUT2D eigenvalue weighted by molar-refractivity contribution is 7.98. The monoisotopic (exact) mass is 300 g/mol. The number of furan rings is 1. The molecule has 2 aromatic heterocycles. The molecule has 0 unspecified atom stereocenters. The number of benzene rings is 1. The molecule has 0 saturated carbocycles. The van der Waals surface area contributed by atoms with Crippen molar-refractivity contribution in [3.8, 4) is 5.75 Å². The maximum atomic E-state index is 6.07. The molecular weight excluding hydrogens is 284 g/mol. The van der Waals surface area contributed by atoms with E-state index in [0.29, 0.717) is 5.82 Å². The van der Waals surface area contributed by atoms with Gasteiger partial charge in [-0.15, -0.1) is 11.8 Å². The fraction of sp³-hybridized carbons (Fsp3) is 0.188. The molecule has 5 heteroatoms. The molecule has 0 fully saturated rings. The van der Waals surface area contributed by atoms with Crippen LogP contribution in [-0.4, -0.2) is 12.1 Å². The van der Waals surface area contributed by atoms with Crippen LogP contribution in [0.4, 0.5) is 5.82 Å². The first-order valence-electron chi connectivity index (χ1n) is 6.57. The third kappa shape index (κ3) is 2.83. The van der Waals surface area contributed by atoms with E-state index in [1.807, 2.05) is 31.2 Å². The van der Waals surface area contributed by atoms with Gasteiger partial charge < -0.3 is 14.9 Å². The van der Waals surface area contributed by atoms with Gasteiger partial charge in [0.2, 0.25) is 0 Å². The molecular formula is C16H16N2O2S. The van der Waals surface area contributed by atoms with Crippen molar-refractivity contribution in [2.45, 2.75) is 17.6 Å². The number of nitrogens with two attached hydrogens (primary N) is 1. The summed E-state index contributed by atoms with van der Waals surface area (Å²) >= 11 is 1.70. The van der Waals surface area contributed by atoms with Crippen molar-refractivity contribution in [2.24, 2.45) is 0 Å². The first-order chi connectivity index (χ1) is 10.2. The minimum absolute atomic E-state index is 0.560. The Balaban J connectivity index is 1.88. The average molecular weight is 300 g/mol. The van der Waals surface area contributed by atoms with Crippen molar-refractivity contribution in [1.29, 1.82) is 0 Å². The third-order valence-electron chi connectivity index (χ3n) is 3.33. The number of hydrogen-bond acceptors (Lipinski definition) is 5. The van der Waals surface area contributed by atoms with E-state index in [1.54, 1.807) is 25.1 Å². The topological polar surface area (TPSA) is 61.3 Å². The van der Waals surface area contributed by atoms with E-state index in [9.17, 15) is 0 Å². The van der Waals surface area contributed by atoms with Gasteiger partial charge in [0.15, 0.2) is 0 Å². The highest BCUT2D eigenvalue weighted by Gasteiger charge is 2.08. The summed E-state index contributed by atoms with van der Waals surface area (Å²) in [5, 5.41) is 1.06. The lowest BCUT2D eigenvalue weighted by Gasteiger charge is -2.08. The highest BCUT2D eigenvalue weighted by atomic mass is 32.2. The van der Waals surface area contributed by atoms with Gasteiger partial charge in [0.05, 0.1) is 18.9 Å². The van der Waals surface area contributed by atoms with Crippen molar-refractivity contribution in [3.05, 3.63) is 47.9 Å². The van der Waals surface area contributed by atoms with Crippen LogP contribution in [0.15, 0.2) is 45.9 Å². The highest BCUT2D eigenvalue weighted by Crippen LogP contribution is 2.30. The number of rotatable bonds is 4. The first kappa shape index (κ1) is 13.8. The summed E-state index contributed by atoms with van der Waals surface area (Å²) in [6, 6.07) is 9.87. The van der Waals surface area contributed by atoms with Crippen molar-refractivity contribution in [1.82, 2.24) is 4.98 Å². The number of anilines is 1. The summed E-state index contributed by atoms with van der Waals surface area (Å²) < 4.78 is 10.5. The quantitative estimate of drug-likeness (QED) is 0.737. The zero-order valence-electron chi connectivity index (χ0n) is 11.9. The Kier molecular flexibility index (Phi) is 3.75. The Morgan fingerprint density at radius 1 is 1.29 bits per heavy atom. The Morgan fingerprint density at radius 3 is 2.86 bits per heavy atom. The number of thioether (sulfide) groups is 1. The Bertz CT molecular complexity index is 783. The Labute approximate surface area is 127 Å². The van der Waals surface area contributed by atoms with Gasteiger partial charge in [0.1, 0.15) is 17.3 Å². The van der Waals surface area contributed by atoms with Crippen LogP contribution in [0.25, 0.3) is 10.9 Å². The summed E-state index contributed by atoms with van der Waals surface area (Å²) in [7, 11) is 1.64. The number of aromatic nitrogens is 1. The second kappa shape index (κ2) is 5.69. The van der Waals surface area contributed by atoms with Crippen molar-refractivity contribution >= 4 is 28.5 Å². The molecule has 0 amide bonds. The minimum atomic E-state index is 0.560. The average Bonchev–Trinajstić information content (AvgIpc) is 2.90. The molecule has 21 heavy (non-hydrogen) atoms. The number of nitrogen functional groups attached to an aromatic ring is 1. The van der Waals surface area contributed by atoms with Crippen LogP contribution in [-0.2, 0) is 5.75 Å². The molecule has 0 aliphatic carbocycles. The van der Waals surface area contributed by atoms with Crippen LogP contribution in [0.3, 0.4) is 0 Å². The number of pyridine rings is 1. The van der Waals surface area contributed by atoms with Gasteiger partial charge in [-0.2, -0.15) is 0 Å². The fourth-order valence-corrected chi connectivity index (χ4v) is 3.07. The minimum Gasteiger partial charge on any atom is -0.497 e. The third-order valence-corrected chi connectivity index (χ3v) is 4.52. The van der Waals surface area contributed by atoms with Crippen LogP contribution >= 0.6 is 11.8 Å². The smallest absolute Gasteiger partial charge is 0.128 e. The molecule has 2 heterocycles. The summed E-state index contributed by atoms with van der Waals surface area (Å²) in [5.41, 5.74) is 7.94. The van der Waals surface area contributed by atoms with E-state index in [4.69, 9.17) is 14.9 Å². The summed E-state index contributed by atoms with van der Waals surface area (Å²) in [6.07, 6.45) is 1.70. The molecule has 1 aromatic carbocycles. The van der Waals surface area contributed by atoms with Gasteiger partial charge in [-0.05, 0) is 31.2 Å². The van der Waals surface area contributed by atoms with Crippen LogP contribution in [0.2, 0.25) is 0 Å². The molecule has 0 bridgehead atoms. The maximum Gasteiger partial charge on any atom is 0.128 e. The zero-order valence-corrected chi connectivity index (χ0v) is 12.7. The molecule has 3 rings (SSSR count). The van der Waals surface area contributed by atoms with Crippen molar-refractivity contribution in [3.63, 3.8) is 0 Å². The van der Waals surface area contributed by atoms with Gasteiger partial charge in [0.25, 0.3) is 0 Å². The largest absolute Gasteiger partial charge is 0.497 e. The standard InChI is InChI=1S/C16H16N2O2S/c1-10-15(5-6-20-10)21-9-12-7-11-3-4-13(19-2)8-14(11)18-16(12)17/h3-8H,9H2,1-2H3,(H2,17,18). The zero-order chi connectivity index (χ0) is 14.8. The van der Waals surface area contributed by atoms with Gasteiger partial charge in [-0.25, -0.2) is 4.98 Å². The Morgan fingerprint density at radius 2 is 2.14 bits per heavy atom. The molecule has 3 aromatic rings. The van der Waals surface area contributed by atoms with Crippen LogP contribution < -0.4 is 10.5 Å². The molecule has 0 aliphatic rings. The van der Waals surface area contributed by atoms with Crippen molar-refractivity contribution in [2.75, 3.05) is 12.8 Å². The second-order valence-electron chi connectivity index (χ2n) is 4.72. The van der Waals surface area contributed by atoms with E-state index >= 15 is 0 Å². The van der Waals surface area contributed by atoms with E-state index in [-0.39, 0.29) is 0 Å². The Hall–Kier alpha value is -2.14. The summed E-state index contributed by atoms with van der Waals surface area (Å²) in [4.78, 5) is 5.60. The van der Waals surface area contributed by atoms with E-state index in [1.165, 1.54) is 0 Å². The number of ether oxygens (including phenoxy) is 1. The lowest BCUT2D eigenvalue weighted by atomic mass is 10.1. The first-order valence-corrected chi connectivity index (χ1v) is 7.56. The molecule has 0 aliphatic heterocycles. The van der Waals surface area contributed by atoms with Crippen LogP contribution in [0.1, 0.15) is 11.3 Å². The van der Waals surface area contributed by atoms with Crippen LogP contribution in [0, 0.1) is 6.92 Å². The SMILES string of the molecule is COc1ccc2cc(CSc3ccoc3C)c(N)nc2c1. The normalized spacial score (nSPS) is 11.0. The molecule has 108 valence electrons. The van der Waals surface area contributed by atoms with E-state index < -0.39 is 0 Å². The van der Waals surface area contributed by atoms with Gasteiger partial charge in [-0.3, -0.25) is 0 Å². The summed E-state index contributed by atoms with van der Waals surface area (Å²) in [6.45, 7) is 1.95. The maximum absolute atomic E-state index is 6.07. The predicted molar refractivity (Wildman–Crippen MR) is 85.7 cm³/mol. The molecule has 0 spiro atoms. The van der Waals surface area contributed by atoms with Gasteiger partial charge in [0, 0.05) is 27.7 Å². The number of methoxy groups -OCH3 is 1. The van der Waals surface area contributed by atoms with E-state index in [0.717, 1.165) is 38.6 Å². The number of fused-ring (bicyclic) bond motifs is 1. The lowest BCUT2D eigenvalue weighted by Crippen LogP contribution is -1.97. The van der Waals surface area contributed by atoms with Gasteiger partial charge >= 0.3 is 0 Å². The predicted octanol–water partition coefficient (Wildman–Crippen LogP) is 4.02. The number of hydrogen-bond donors (Lipinski definition) is 1. The summed E-state index contributed by atoms with van der Waals surface area (Å²) in [5.74, 6) is 3.04. The van der Waals surface area contributed by atoms with Crippen molar-refractivity contribution < 1.29 is 9.15 Å². The molecule has 0 radical (unpaired) electrons. The van der Waals surface area contributed by atoms with Crippen LogP contribution in [0.5, 0.6) is 5.75 Å². The second-order valence-corrected chi connectivity index (χ2v) is 5.74. The molecule has 2 N–H and O–H groups in total. The fourth-order valence-electron chi connectivity index (χ4n) is 2.13. The molecule has 0 atom stereocenters. The number of aryl methyl sites for hydroxylation is 1. The molecule has 4 nitrogen and oxygen atoms in total. The van der Waals surface area contributed by atoms with E-state index in [2.05, 4.69) is 11.1 Å². The number of nitrogens with zero attached hydrogens (tertiary/aromatic N) is 1. The lowest BCUT2D eigenvalue weighted by molar-refractivity contribution is 0.415. The van der Waals surface area contributed by atoms with Gasteiger partial charge in [-0.1, -0.05) is 0 Å².